The molecule has 2 unspecified atom stereocenters. The van der Waals surface area contributed by atoms with E-state index in [1.807, 2.05) is 37.3 Å². The van der Waals surface area contributed by atoms with E-state index < -0.39 is 5.92 Å². The van der Waals surface area contributed by atoms with E-state index in [0.29, 0.717) is 13.0 Å². The number of nitrogens with zero attached hydrogens (tertiary/aromatic N) is 1. The highest BCUT2D eigenvalue weighted by atomic mass is 16.5. The molecule has 1 amide bonds. The molecule has 0 aromatic heterocycles. The van der Waals surface area contributed by atoms with Crippen LogP contribution in [0.25, 0.3) is 0 Å². The number of benzene rings is 1. The summed E-state index contributed by atoms with van der Waals surface area (Å²) in [5.41, 5.74) is 6.61. The standard InChI is InChI=1S/C15H23N3O3/c1-3-12(10-21-2)17-15(19)13(14(16)18-20)9-11-7-5-4-6-8-11/h4-8,12-13,20H,3,9-10H2,1-2H3,(H2,16,18)(H,17,19). The molecule has 0 spiro atoms. The fourth-order valence-corrected chi connectivity index (χ4v) is 2.02. The van der Waals surface area contributed by atoms with Gasteiger partial charge in [0.15, 0.2) is 5.84 Å². The number of ether oxygens (including phenoxy) is 1. The van der Waals surface area contributed by atoms with Gasteiger partial charge < -0.3 is 21.0 Å². The van der Waals surface area contributed by atoms with Crippen molar-refractivity contribution in [2.24, 2.45) is 16.8 Å². The fourth-order valence-electron chi connectivity index (χ4n) is 2.02. The minimum atomic E-state index is -0.705. The molecule has 116 valence electrons. The maximum Gasteiger partial charge on any atom is 0.231 e. The number of hydrogen-bond acceptors (Lipinski definition) is 4. The number of oxime groups is 1. The lowest BCUT2D eigenvalue weighted by atomic mass is 9.97. The van der Waals surface area contributed by atoms with Crippen LogP contribution in [0.3, 0.4) is 0 Å². The van der Waals surface area contributed by atoms with Crippen LogP contribution in [0, 0.1) is 5.92 Å². The summed E-state index contributed by atoms with van der Waals surface area (Å²) in [6, 6.07) is 9.38. The van der Waals surface area contributed by atoms with Crippen LogP contribution in [-0.4, -0.2) is 36.7 Å². The highest BCUT2D eigenvalue weighted by molar-refractivity contribution is 6.02. The molecule has 0 aliphatic rings. The summed E-state index contributed by atoms with van der Waals surface area (Å²) in [6.07, 6.45) is 1.12. The van der Waals surface area contributed by atoms with Crippen LogP contribution >= 0.6 is 0 Å². The topological polar surface area (TPSA) is 96.9 Å². The van der Waals surface area contributed by atoms with Crippen molar-refractivity contribution in [2.45, 2.75) is 25.8 Å². The Bertz CT molecular complexity index is 462. The molecule has 21 heavy (non-hydrogen) atoms. The Kier molecular flexibility index (Phi) is 7.25. The predicted molar refractivity (Wildman–Crippen MR) is 81.1 cm³/mol. The number of hydrogen-bond donors (Lipinski definition) is 3. The Morgan fingerprint density at radius 3 is 2.62 bits per heavy atom. The van der Waals surface area contributed by atoms with Crippen molar-refractivity contribution in [1.29, 1.82) is 0 Å². The van der Waals surface area contributed by atoms with Crippen molar-refractivity contribution in [1.82, 2.24) is 5.32 Å². The third kappa shape index (κ3) is 5.43. The molecule has 0 aliphatic carbocycles. The molecule has 1 rings (SSSR count). The summed E-state index contributed by atoms with van der Waals surface area (Å²) in [7, 11) is 1.58. The first-order chi connectivity index (χ1) is 10.1. The van der Waals surface area contributed by atoms with Crippen LogP contribution in [0.1, 0.15) is 18.9 Å². The van der Waals surface area contributed by atoms with Crippen LogP contribution in [0.15, 0.2) is 35.5 Å². The third-order valence-corrected chi connectivity index (χ3v) is 3.28. The van der Waals surface area contributed by atoms with Crippen LogP contribution < -0.4 is 11.1 Å². The number of amides is 1. The molecule has 6 nitrogen and oxygen atoms in total. The van der Waals surface area contributed by atoms with E-state index in [-0.39, 0.29) is 17.8 Å². The average Bonchev–Trinajstić information content (AvgIpc) is 2.52. The molecule has 2 atom stereocenters. The van der Waals surface area contributed by atoms with Gasteiger partial charge in [-0.2, -0.15) is 0 Å². The maximum absolute atomic E-state index is 12.4. The molecule has 0 saturated carbocycles. The molecule has 6 heteroatoms. The van der Waals surface area contributed by atoms with Gasteiger partial charge in [0.25, 0.3) is 0 Å². The molecule has 1 aromatic rings. The Morgan fingerprint density at radius 2 is 2.10 bits per heavy atom. The highest BCUT2D eigenvalue weighted by Gasteiger charge is 2.25. The summed E-state index contributed by atoms with van der Waals surface area (Å²) in [6.45, 7) is 2.39. The van der Waals surface area contributed by atoms with E-state index in [1.165, 1.54) is 0 Å². The van der Waals surface area contributed by atoms with E-state index >= 15 is 0 Å². The fraction of sp³-hybridized carbons (Fsp3) is 0.467. The average molecular weight is 293 g/mol. The molecule has 1 aromatic carbocycles. The summed E-state index contributed by atoms with van der Waals surface area (Å²) in [5, 5.41) is 14.7. The largest absolute Gasteiger partial charge is 0.409 e. The van der Waals surface area contributed by atoms with Crippen LogP contribution in [0.5, 0.6) is 0 Å². The minimum absolute atomic E-state index is 0.0905. The van der Waals surface area contributed by atoms with Gasteiger partial charge in [-0.3, -0.25) is 4.79 Å². The Labute approximate surface area is 125 Å². The van der Waals surface area contributed by atoms with Gasteiger partial charge in [-0.25, -0.2) is 0 Å². The lowest BCUT2D eigenvalue weighted by molar-refractivity contribution is -0.124. The summed E-state index contributed by atoms with van der Waals surface area (Å²) < 4.78 is 5.05. The van der Waals surface area contributed by atoms with E-state index in [0.717, 1.165) is 12.0 Å². The highest BCUT2D eigenvalue weighted by Crippen LogP contribution is 2.10. The number of carbonyl (C=O) groups is 1. The van der Waals surface area contributed by atoms with Crippen molar-refractivity contribution in [3.8, 4) is 0 Å². The van der Waals surface area contributed by atoms with Gasteiger partial charge in [0, 0.05) is 7.11 Å². The van der Waals surface area contributed by atoms with E-state index in [9.17, 15) is 4.79 Å². The molecule has 0 heterocycles. The number of carbonyl (C=O) groups excluding carboxylic acids is 1. The van der Waals surface area contributed by atoms with E-state index in [2.05, 4.69) is 10.5 Å². The second-order valence-electron chi connectivity index (χ2n) is 4.84. The van der Waals surface area contributed by atoms with Crippen molar-refractivity contribution >= 4 is 11.7 Å². The minimum Gasteiger partial charge on any atom is -0.409 e. The molecule has 0 fully saturated rings. The molecule has 0 aliphatic heterocycles. The molecular weight excluding hydrogens is 270 g/mol. The molecule has 0 bridgehead atoms. The molecule has 0 saturated heterocycles. The number of nitrogens with two attached hydrogens (primary N) is 1. The normalized spacial score (nSPS) is 14.5. The molecule has 0 radical (unpaired) electrons. The third-order valence-electron chi connectivity index (χ3n) is 3.28. The summed E-state index contributed by atoms with van der Waals surface area (Å²) >= 11 is 0. The zero-order valence-corrected chi connectivity index (χ0v) is 12.5. The SMILES string of the molecule is CCC(COC)NC(=O)C(Cc1ccccc1)C(N)=NO. The van der Waals surface area contributed by atoms with Crippen LogP contribution in [-0.2, 0) is 16.0 Å². The van der Waals surface area contributed by atoms with Crippen molar-refractivity contribution in [3.05, 3.63) is 35.9 Å². The van der Waals surface area contributed by atoms with Gasteiger partial charge in [0.2, 0.25) is 5.91 Å². The van der Waals surface area contributed by atoms with Crippen molar-refractivity contribution in [2.75, 3.05) is 13.7 Å². The van der Waals surface area contributed by atoms with Crippen molar-refractivity contribution < 1.29 is 14.7 Å². The lowest BCUT2D eigenvalue weighted by Gasteiger charge is -2.20. The smallest absolute Gasteiger partial charge is 0.231 e. The zero-order valence-electron chi connectivity index (χ0n) is 12.5. The zero-order chi connectivity index (χ0) is 15.7. The lowest BCUT2D eigenvalue weighted by Crippen LogP contribution is -2.45. The predicted octanol–water partition coefficient (Wildman–Crippen LogP) is 1.13. The van der Waals surface area contributed by atoms with Crippen LogP contribution in [0.4, 0.5) is 0 Å². The number of nitrogens with one attached hydrogen (secondary N) is 1. The van der Waals surface area contributed by atoms with Gasteiger partial charge in [0.05, 0.1) is 12.6 Å². The number of rotatable bonds is 8. The van der Waals surface area contributed by atoms with Crippen LogP contribution in [0.2, 0.25) is 0 Å². The summed E-state index contributed by atoms with van der Waals surface area (Å²) in [4.78, 5) is 12.4. The Morgan fingerprint density at radius 1 is 1.43 bits per heavy atom. The summed E-state index contributed by atoms with van der Waals surface area (Å²) in [5.74, 6) is -1.06. The second-order valence-corrected chi connectivity index (χ2v) is 4.84. The monoisotopic (exact) mass is 293 g/mol. The molecule has 4 N–H and O–H groups in total. The van der Waals surface area contributed by atoms with Gasteiger partial charge in [-0.15, -0.1) is 0 Å². The number of amidine groups is 1. The van der Waals surface area contributed by atoms with Gasteiger partial charge in [-0.1, -0.05) is 42.4 Å². The first kappa shape index (κ1) is 17.0. The van der Waals surface area contributed by atoms with Gasteiger partial charge in [0.1, 0.15) is 5.92 Å². The maximum atomic E-state index is 12.4. The van der Waals surface area contributed by atoms with Crippen molar-refractivity contribution in [3.63, 3.8) is 0 Å². The quantitative estimate of drug-likeness (QED) is 0.290. The molecular formula is C15H23N3O3. The first-order valence-electron chi connectivity index (χ1n) is 6.93. The second kappa shape index (κ2) is 8.97. The van der Waals surface area contributed by atoms with Gasteiger partial charge >= 0.3 is 0 Å². The number of methoxy groups -OCH3 is 1. The van der Waals surface area contributed by atoms with Gasteiger partial charge in [-0.05, 0) is 18.4 Å². The van der Waals surface area contributed by atoms with E-state index in [1.54, 1.807) is 7.11 Å². The van der Waals surface area contributed by atoms with E-state index in [4.69, 9.17) is 15.7 Å². The Balaban J connectivity index is 2.80. The Hall–Kier alpha value is -2.08. The first-order valence-corrected chi connectivity index (χ1v) is 6.93.